The first-order valence-corrected chi connectivity index (χ1v) is 15.1. The molecule has 1 fully saturated rings. The predicted molar refractivity (Wildman–Crippen MR) is 156 cm³/mol. The fraction of sp³-hybridized carbons (Fsp3) is 0.179. The highest BCUT2D eigenvalue weighted by Crippen LogP contribution is 2.54. The van der Waals surface area contributed by atoms with Crippen molar-refractivity contribution in [3.8, 4) is 5.75 Å². The van der Waals surface area contributed by atoms with Gasteiger partial charge in [0.1, 0.15) is 17.6 Å². The van der Waals surface area contributed by atoms with Crippen molar-refractivity contribution in [1.82, 2.24) is 4.98 Å². The van der Waals surface area contributed by atoms with E-state index >= 15 is 0 Å². The van der Waals surface area contributed by atoms with Crippen molar-refractivity contribution in [2.45, 2.75) is 29.7 Å². The topological polar surface area (TPSA) is 79.5 Å². The van der Waals surface area contributed by atoms with Crippen molar-refractivity contribution >= 4 is 72.5 Å². The SMILES string of the molecule is Cc1ccccc1COc1ccc(Br)cc1C1c2sc(=O)[nH]c2SC2C(=O)N(c3ccc(Br)cc3)C(=O)C21. The highest BCUT2D eigenvalue weighted by Gasteiger charge is 2.56. The van der Waals surface area contributed by atoms with Crippen LogP contribution >= 0.6 is 55.0 Å². The minimum Gasteiger partial charge on any atom is -0.489 e. The number of rotatable bonds is 5. The first-order valence-electron chi connectivity index (χ1n) is 11.8. The van der Waals surface area contributed by atoms with Gasteiger partial charge in [0.25, 0.3) is 0 Å². The van der Waals surface area contributed by atoms with E-state index in [0.717, 1.165) is 41.8 Å². The number of thioether (sulfide) groups is 1. The Balaban J connectivity index is 1.45. The second kappa shape index (κ2) is 10.1. The zero-order valence-electron chi connectivity index (χ0n) is 19.9. The summed E-state index contributed by atoms with van der Waals surface area (Å²) in [4.78, 5) is 44.8. The molecule has 6 rings (SSSR count). The van der Waals surface area contributed by atoms with Crippen LogP contribution in [0.2, 0.25) is 0 Å². The number of carbonyl (C=O) groups is 2. The molecule has 0 aliphatic carbocycles. The highest BCUT2D eigenvalue weighted by molar-refractivity contribution is 9.10. The standard InChI is InChI=1S/C28H20Br2N2O4S2/c1-14-4-2-3-5-15(14)13-36-20-11-8-17(30)12-19(20)21-22-24(37-25-23(21)38-28(35)31-25)27(34)32(26(22)33)18-9-6-16(29)7-10-18/h2-12,21-22,24H,13H2,1H3,(H,31,35). The number of anilines is 1. The van der Waals surface area contributed by atoms with Gasteiger partial charge in [-0.05, 0) is 60.5 Å². The summed E-state index contributed by atoms with van der Waals surface area (Å²) in [5.41, 5.74) is 3.46. The summed E-state index contributed by atoms with van der Waals surface area (Å²) < 4.78 is 8.01. The molecule has 0 bridgehead atoms. The third-order valence-corrected chi connectivity index (χ3v) is 10.3. The number of amides is 2. The van der Waals surface area contributed by atoms with Crippen LogP contribution in [0.15, 0.2) is 85.5 Å². The van der Waals surface area contributed by atoms with Gasteiger partial charge in [-0.25, -0.2) is 4.90 Å². The molecule has 2 amide bonds. The maximum absolute atomic E-state index is 14.0. The zero-order valence-corrected chi connectivity index (χ0v) is 24.7. The molecule has 3 aromatic carbocycles. The van der Waals surface area contributed by atoms with Gasteiger partial charge in [-0.3, -0.25) is 14.4 Å². The van der Waals surface area contributed by atoms with Crippen LogP contribution in [-0.4, -0.2) is 22.0 Å². The number of hydrogen-bond donors (Lipinski definition) is 1. The Hall–Kier alpha value is -2.66. The molecule has 1 aromatic heterocycles. The molecule has 2 aliphatic heterocycles. The minimum atomic E-state index is -0.690. The van der Waals surface area contributed by atoms with Crippen molar-refractivity contribution in [3.05, 3.63) is 107 Å². The van der Waals surface area contributed by atoms with E-state index in [2.05, 4.69) is 36.8 Å². The summed E-state index contributed by atoms with van der Waals surface area (Å²) in [5.74, 6) is -1.17. The van der Waals surface area contributed by atoms with Crippen LogP contribution in [0.1, 0.15) is 27.5 Å². The van der Waals surface area contributed by atoms with Gasteiger partial charge in [-0.15, -0.1) is 0 Å². The number of aromatic amines is 1. The number of hydrogen-bond acceptors (Lipinski definition) is 6. The minimum absolute atomic E-state index is 0.213. The van der Waals surface area contributed by atoms with Crippen molar-refractivity contribution in [1.29, 1.82) is 0 Å². The maximum Gasteiger partial charge on any atom is 0.305 e. The van der Waals surface area contributed by atoms with Crippen molar-refractivity contribution < 1.29 is 14.3 Å². The molecule has 0 spiro atoms. The fourth-order valence-electron chi connectivity index (χ4n) is 5.02. The number of aromatic nitrogens is 1. The van der Waals surface area contributed by atoms with Crippen molar-refractivity contribution in [2.24, 2.45) is 5.92 Å². The number of imide groups is 1. The lowest BCUT2D eigenvalue weighted by Crippen LogP contribution is -2.32. The number of nitrogens with one attached hydrogen (secondary N) is 1. The molecule has 3 atom stereocenters. The monoisotopic (exact) mass is 670 g/mol. The Morgan fingerprint density at radius 1 is 0.947 bits per heavy atom. The predicted octanol–water partition coefficient (Wildman–Crippen LogP) is 6.64. The van der Waals surface area contributed by atoms with Gasteiger partial charge in [0.05, 0.1) is 16.6 Å². The van der Waals surface area contributed by atoms with E-state index < -0.39 is 17.1 Å². The van der Waals surface area contributed by atoms with E-state index in [1.54, 1.807) is 12.1 Å². The second-order valence-corrected chi connectivity index (χ2v) is 13.1. The molecule has 1 N–H and O–H groups in total. The average Bonchev–Trinajstić information content (AvgIpc) is 3.39. The van der Waals surface area contributed by atoms with Gasteiger partial charge < -0.3 is 9.72 Å². The molecule has 10 heteroatoms. The number of halogens is 2. The van der Waals surface area contributed by atoms with Gasteiger partial charge in [-0.2, -0.15) is 0 Å². The third-order valence-electron chi connectivity index (χ3n) is 6.86. The zero-order chi connectivity index (χ0) is 26.6. The Morgan fingerprint density at radius 2 is 1.68 bits per heavy atom. The number of benzene rings is 3. The van der Waals surface area contributed by atoms with E-state index in [0.29, 0.717) is 23.1 Å². The molecule has 2 aliphatic rings. The van der Waals surface area contributed by atoms with E-state index in [-0.39, 0.29) is 16.7 Å². The molecule has 3 unspecified atom stereocenters. The molecule has 192 valence electrons. The summed E-state index contributed by atoms with van der Waals surface area (Å²) in [6, 6.07) is 20.8. The first-order chi connectivity index (χ1) is 18.3. The Morgan fingerprint density at radius 3 is 2.45 bits per heavy atom. The Kier molecular flexibility index (Phi) is 6.84. The van der Waals surface area contributed by atoms with Crippen LogP contribution in [0, 0.1) is 12.8 Å². The molecule has 4 aromatic rings. The van der Waals surface area contributed by atoms with Crippen molar-refractivity contribution in [2.75, 3.05) is 4.90 Å². The Bertz CT molecular complexity index is 1630. The molecule has 0 radical (unpaired) electrons. The number of fused-ring (bicyclic) bond motifs is 2. The van der Waals surface area contributed by atoms with Crippen LogP contribution in [0.25, 0.3) is 0 Å². The number of thiazole rings is 1. The number of carbonyl (C=O) groups excluding carboxylic acids is 2. The third kappa shape index (κ3) is 4.47. The van der Waals surface area contributed by atoms with Gasteiger partial charge in [0.15, 0.2) is 0 Å². The quantitative estimate of drug-likeness (QED) is 0.241. The molecule has 0 saturated carbocycles. The molecule has 3 heterocycles. The van der Waals surface area contributed by atoms with Crippen LogP contribution in [0.5, 0.6) is 5.75 Å². The second-order valence-electron chi connectivity index (χ2n) is 9.14. The maximum atomic E-state index is 14.0. The average molecular weight is 672 g/mol. The lowest BCUT2D eigenvalue weighted by Gasteiger charge is -2.31. The summed E-state index contributed by atoms with van der Waals surface area (Å²) in [7, 11) is 0. The lowest BCUT2D eigenvalue weighted by atomic mass is 9.82. The summed E-state index contributed by atoms with van der Waals surface area (Å²) in [6.07, 6.45) is 0. The van der Waals surface area contributed by atoms with Crippen LogP contribution in [-0.2, 0) is 16.2 Å². The van der Waals surface area contributed by atoms with Crippen LogP contribution in [0.4, 0.5) is 5.69 Å². The molecular formula is C28H20Br2N2O4S2. The highest BCUT2D eigenvalue weighted by atomic mass is 79.9. The lowest BCUT2D eigenvalue weighted by molar-refractivity contribution is -0.122. The van der Waals surface area contributed by atoms with Crippen molar-refractivity contribution in [3.63, 3.8) is 0 Å². The van der Waals surface area contributed by atoms with Gasteiger partial charge in [-0.1, -0.05) is 79.2 Å². The van der Waals surface area contributed by atoms with E-state index in [1.165, 1.54) is 16.7 Å². The molecular weight excluding hydrogens is 652 g/mol. The van der Waals surface area contributed by atoms with Crippen LogP contribution in [0.3, 0.4) is 0 Å². The summed E-state index contributed by atoms with van der Waals surface area (Å²) >= 11 is 9.34. The first kappa shape index (κ1) is 25.6. The van der Waals surface area contributed by atoms with Crippen LogP contribution < -0.4 is 14.5 Å². The fourth-order valence-corrected chi connectivity index (χ4v) is 8.17. The molecule has 6 nitrogen and oxygen atoms in total. The molecule has 1 saturated heterocycles. The summed E-state index contributed by atoms with van der Waals surface area (Å²) in [6.45, 7) is 2.39. The number of nitrogens with zero attached hydrogens (tertiary/aromatic N) is 1. The largest absolute Gasteiger partial charge is 0.489 e. The number of ether oxygens (including phenoxy) is 1. The number of aryl methyl sites for hydroxylation is 1. The Labute approximate surface area is 243 Å². The van der Waals surface area contributed by atoms with Gasteiger partial charge >= 0.3 is 4.87 Å². The normalized spacial score (nSPS) is 20.4. The smallest absolute Gasteiger partial charge is 0.305 e. The van der Waals surface area contributed by atoms with Gasteiger partial charge in [0, 0.05) is 25.3 Å². The summed E-state index contributed by atoms with van der Waals surface area (Å²) in [5, 5.41) is -0.0352. The van der Waals surface area contributed by atoms with Gasteiger partial charge in [0.2, 0.25) is 11.8 Å². The van der Waals surface area contributed by atoms with E-state index in [1.807, 2.05) is 61.5 Å². The van der Waals surface area contributed by atoms with E-state index in [4.69, 9.17) is 4.74 Å². The number of H-pyrrole nitrogens is 1. The molecule has 38 heavy (non-hydrogen) atoms. The van der Waals surface area contributed by atoms with E-state index in [9.17, 15) is 14.4 Å².